The fraction of sp³-hybridized carbons (Fsp3) is 0.250. The van der Waals surface area contributed by atoms with Gasteiger partial charge in [-0.2, -0.15) is 5.26 Å². The smallest absolute Gasteiger partial charge is 0.137 e. The Labute approximate surface area is 142 Å². The van der Waals surface area contributed by atoms with Gasteiger partial charge in [-0.25, -0.2) is 0 Å². The van der Waals surface area contributed by atoms with Crippen molar-refractivity contribution in [3.8, 4) is 17.6 Å². The Kier molecular flexibility index (Phi) is 4.83. The van der Waals surface area contributed by atoms with Crippen LogP contribution >= 0.6 is 0 Å². The quantitative estimate of drug-likeness (QED) is 0.936. The molecule has 1 aliphatic heterocycles. The largest absolute Gasteiger partial charge is 0.508 e. The molecule has 0 aliphatic carbocycles. The number of aromatic hydroxyl groups is 1. The molecule has 4 heteroatoms. The van der Waals surface area contributed by atoms with Gasteiger partial charge in [0.1, 0.15) is 17.6 Å². The lowest BCUT2D eigenvalue weighted by atomic mass is 9.99. The molecule has 24 heavy (non-hydrogen) atoms. The predicted molar refractivity (Wildman–Crippen MR) is 93.7 cm³/mol. The van der Waals surface area contributed by atoms with Crippen LogP contribution < -0.4 is 4.74 Å². The van der Waals surface area contributed by atoms with Crippen molar-refractivity contribution in [2.75, 3.05) is 20.2 Å². The normalized spacial score (nSPS) is 14.8. The molecule has 0 saturated carbocycles. The van der Waals surface area contributed by atoms with E-state index < -0.39 is 0 Å². The first-order chi connectivity index (χ1) is 11.7. The number of hydrogen-bond donors (Lipinski definition) is 1. The average Bonchev–Trinajstić information content (AvgIpc) is 2.63. The Balaban J connectivity index is 1.77. The van der Waals surface area contributed by atoms with Crippen molar-refractivity contribution >= 4 is 5.57 Å². The van der Waals surface area contributed by atoms with Crippen LogP contribution in [0.1, 0.15) is 23.1 Å². The van der Waals surface area contributed by atoms with Crippen LogP contribution in [0.15, 0.2) is 48.5 Å². The number of benzene rings is 2. The zero-order valence-corrected chi connectivity index (χ0v) is 13.7. The van der Waals surface area contributed by atoms with E-state index in [0.29, 0.717) is 17.1 Å². The van der Waals surface area contributed by atoms with Gasteiger partial charge in [0.05, 0.1) is 12.7 Å². The highest BCUT2D eigenvalue weighted by atomic mass is 16.5. The molecule has 0 amide bonds. The molecule has 0 saturated heterocycles. The van der Waals surface area contributed by atoms with E-state index in [1.807, 2.05) is 30.3 Å². The first-order valence-electron chi connectivity index (χ1n) is 7.98. The molecule has 3 rings (SSSR count). The van der Waals surface area contributed by atoms with Crippen molar-refractivity contribution in [3.05, 3.63) is 65.2 Å². The van der Waals surface area contributed by atoms with Gasteiger partial charge in [0.15, 0.2) is 0 Å². The first-order valence-corrected chi connectivity index (χ1v) is 7.98. The summed E-state index contributed by atoms with van der Waals surface area (Å²) in [5.74, 6) is 0.947. The summed E-state index contributed by atoms with van der Waals surface area (Å²) in [6, 6.07) is 15.3. The molecule has 2 aromatic carbocycles. The number of methoxy groups -OCH3 is 1. The standard InChI is InChI=1S/C20H20N2O2/c1-24-20-11-15(8-9-16(20)12-21)17-6-4-10-22(13-17)14-18-5-2-3-7-19(18)23/h2-3,5-9,11,23H,4,10,13-14H2,1H3. The zero-order valence-electron chi connectivity index (χ0n) is 13.7. The molecule has 0 radical (unpaired) electrons. The van der Waals surface area contributed by atoms with E-state index in [0.717, 1.165) is 37.2 Å². The fourth-order valence-electron chi connectivity index (χ4n) is 3.02. The number of nitriles is 1. The maximum absolute atomic E-state index is 9.96. The summed E-state index contributed by atoms with van der Waals surface area (Å²) in [6.45, 7) is 2.49. The van der Waals surface area contributed by atoms with Crippen molar-refractivity contribution in [1.29, 1.82) is 5.26 Å². The number of para-hydroxylation sites is 1. The molecule has 122 valence electrons. The minimum absolute atomic E-state index is 0.341. The van der Waals surface area contributed by atoms with Crippen molar-refractivity contribution in [1.82, 2.24) is 4.90 Å². The molecule has 0 bridgehead atoms. The maximum Gasteiger partial charge on any atom is 0.137 e. The van der Waals surface area contributed by atoms with Gasteiger partial charge in [-0.15, -0.1) is 0 Å². The van der Waals surface area contributed by atoms with Crippen LogP contribution in [0.4, 0.5) is 0 Å². The summed E-state index contributed by atoms with van der Waals surface area (Å²) in [6.07, 6.45) is 3.20. The van der Waals surface area contributed by atoms with Crippen LogP contribution in [0.5, 0.6) is 11.5 Å². The van der Waals surface area contributed by atoms with Crippen LogP contribution in [0, 0.1) is 11.3 Å². The molecule has 1 aliphatic rings. The van der Waals surface area contributed by atoms with Gasteiger partial charge in [-0.05, 0) is 35.8 Å². The second-order valence-electron chi connectivity index (χ2n) is 5.88. The summed E-state index contributed by atoms with van der Waals surface area (Å²) >= 11 is 0. The SMILES string of the molecule is COc1cc(C2=CCCN(Cc3ccccc3O)C2)ccc1C#N. The Morgan fingerprint density at radius 1 is 1.25 bits per heavy atom. The topological polar surface area (TPSA) is 56.5 Å². The molecule has 1 heterocycles. The minimum Gasteiger partial charge on any atom is -0.508 e. The van der Waals surface area contributed by atoms with Gasteiger partial charge in [0, 0.05) is 25.2 Å². The maximum atomic E-state index is 9.96. The Morgan fingerprint density at radius 3 is 2.83 bits per heavy atom. The third-order valence-electron chi connectivity index (χ3n) is 4.31. The van der Waals surface area contributed by atoms with Gasteiger partial charge in [-0.1, -0.05) is 30.3 Å². The molecule has 0 unspecified atom stereocenters. The number of nitrogens with zero attached hydrogens (tertiary/aromatic N) is 2. The highest BCUT2D eigenvalue weighted by Crippen LogP contribution is 2.28. The Morgan fingerprint density at radius 2 is 2.08 bits per heavy atom. The average molecular weight is 320 g/mol. The van der Waals surface area contributed by atoms with E-state index in [9.17, 15) is 5.11 Å². The van der Waals surface area contributed by atoms with Crippen molar-refractivity contribution in [2.45, 2.75) is 13.0 Å². The molecule has 1 N–H and O–H groups in total. The van der Waals surface area contributed by atoms with E-state index in [2.05, 4.69) is 17.0 Å². The first kappa shape index (κ1) is 16.1. The monoisotopic (exact) mass is 320 g/mol. The van der Waals surface area contributed by atoms with Gasteiger partial charge >= 0.3 is 0 Å². The Hall–Kier alpha value is -2.77. The molecular weight excluding hydrogens is 300 g/mol. The number of hydrogen-bond acceptors (Lipinski definition) is 4. The summed E-state index contributed by atoms with van der Waals surface area (Å²) in [5.41, 5.74) is 3.78. The summed E-state index contributed by atoms with van der Waals surface area (Å²) in [7, 11) is 1.58. The highest BCUT2D eigenvalue weighted by Gasteiger charge is 2.16. The van der Waals surface area contributed by atoms with Crippen LogP contribution in [-0.2, 0) is 6.54 Å². The van der Waals surface area contributed by atoms with E-state index in [-0.39, 0.29) is 0 Å². The predicted octanol–water partition coefficient (Wildman–Crippen LogP) is 3.56. The second kappa shape index (κ2) is 7.20. The van der Waals surface area contributed by atoms with Crippen LogP contribution in [0.3, 0.4) is 0 Å². The highest BCUT2D eigenvalue weighted by molar-refractivity contribution is 5.70. The van der Waals surface area contributed by atoms with Gasteiger partial charge in [0.2, 0.25) is 0 Å². The molecular formula is C20H20N2O2. The van der Waals surface area contributed by atoms with Crippen LogP contribution in [-0.4, -0.2) is 30.2 Å². The summed E-state index contributed by atoms with van der Waals surface area (Å²) < 4.78 is 5.31. The van der Waals surface area contributed by atoms with E-state index in [1.54, 1.807) is 19.2 Å². The molecule has 2 aromatic rings. The zero-order chi connectivity index (χ0) is 16.9. The van der Waals surface area contributed by atoms with Crippen molar-refractivity contribution in [3.63, 3.8) is 0 Å². The summed E-state index contributed by atoms with van der Waals surface area (Å²) in [4.78, 5) is 2.31. The van der Waals surface area contributed by atoms with Gasteiger partial charge in [-0.3, -0.25) is 4.90 Å². The molecule has 0 spiro atoms. The third-order valence-corrected chi connectivity index (χ3v) is 4.31. The third kappa shape index (κ3) is 3.42. The molecule has 0 aromatic heterocycles. The van der Waals surface area contributed by atoms with E-state index in [1.165, 1.54) is 5.57 Å². The number of phenols is 1. The lowest BCUT2D eigenvalue weighted by Gasteiger charge is -2.28. The van der Waals surface area contributed by atoms with Crippen LogP contribution in [0.2, 0.25) is 0 Å². The van der Waals surface area contributed by atoms with E-state index in [4.69, 9.17) is 10.00 Å². The number of ether oxygens (including phenoxy) is 1. The molecule has 4 nitrogen and oxygen atoms in total. The summed E-state index contributed by atoms with van der Waals surface area (Å²) in [5, 5.41) is 19.1. The van der Waals surface area contributed by atoms with Crippen LogP contribution in [0.25, 0.3) is 5.57 Å². The lowest BCUT2D eigenvalue weighted by molar-refractivity contribution is 0.291. The number of phenolic OH excluding ortho intramolecular Hbond substituents is 1. The lowest BCUT2D eigenvalue weighted by Crippen LogP contribution is -2.29. The molecule has 0 fully saturated rings. The minimum atomic E-state index is 0.341. The van der Waals surface area contributed by atoms with Gasteiger partial charge < -0.3 is 9.84 Å². The molecule has 0 atom stereocenters. The van der Waals surface area contributed by atoms with E-state index >= 15 is 0 Å². The van der Waals surface area contributed by atoms with Gasteiger partial charge in [0.25, 0.3) is 0 Å². The van der Waals surface area contributed by atoms with Crippen molar-refractivity contribution < 1.29 is 9.84 Å². The Bertz CT molecular complexity index is 806. The van der Waals surface area contributed by atoms with Crippen molar-refractivity contribution in [2.24, 2.45) is 0 Å². The number of rotatable bonds is 4. The second-order valence-corrected chi connectivity index (χ2v) is 5.88. The fourth-order valence-corrected chi connectivity index (χ4v) is 3.02.